The predicted octanol–water partition coefficient (Wildman–Crippen LogP) is 3.70. The Morgan fingerprint density at radius 1 is 0.870 bits per heavy atom. The number of methoxy groups -OCH3 is 3. The van der Waals surface area contributed by atoms with Crippen LogP contribution in [0.2, 0.25) is 5.02 Å². The van der Waals surface area contributed by atoms with Crippen LogP contribution in [0.25, 0.3) is 0 Å². The lowest BCUT2D eigenvalue weighted by atomic mass is 10.1. The predicted molar refractivity (Wildman–Crippen MR) is 93.0 cm³/mol. The van der Waals surface area contributed by atoms with Gasteiger partial charge in [0.2, 0.25) is 0 Å². The summed E-state index contributed by atoms with van der Waals surface area (Å²) in [6.07, 6.45) is 0.811. The van der Waals surface area contributed by atoms with Gasteiger partial charge in [-0.1, -0.05) is 29.8 Å². The zero-order valence-corrected chi connectivity index (χ0v) is 14.4. The van der Waals surface area contributed by atoms with Crippen LogP contribution in [-0.2, 0) is 13.0 Å². The van der Waals surface area contributed by atoms with Crippen molar-refractivity contribution in [1.82, 2.24) is 5.32 Å². The molecule has 0 bridgehead atoms. The van der Waals surface area contributed by atoms with Crippen molar-refractivity contribution in [2.75, 3.05) is 27.9 Å². The standard InChI is InChI=1S/C18H22ClNO3/c1-21-16-7-5-4-6-14(16)12-20-9-8-13-10-18(23-3)15(19)11-17(13)22-2/h4-7,10-11,20H,8-9,12H2,1-3H3. The molecule has 4 nitrogen and oxygen atoms in total. The van der Waals surface area contributed by atoms with Gasteiger partial charge in [-0.2, -0.15) is 0 Å². The number of para-hydroxylation sites is 1. The summed E-state index contributed by atoms with van der Waals surface area (Å²) < 4.78 is 16.0. The minimum atomic E-state index is 0.551. The third-order valence-corrected chi connectivity index (χ3v) is 3.93. The molecule has 0 atom stereocenters. The van der Waals surface area contributed by atoms with Gasteiger partial charge in [0.15, 0.2) is 0 Å². The largest absolute Gasteiger partial charge is 0.496 e. The first-order valence-corrected chi connectivity index (χ1v) is 7.80. The maximum absolute atomic E-state index is 6.12. The van der Waals surface area contributed by atoms with Crippen LogP contribution in [0, 0.1) is 0 Å². The van der Waals surface area contributed by atoms with Crippen LogP contribution in [0.15, 0.2) is 36.4 Å². The van der Waals surface area contributed by atoms with Crippen LogP contribution in [0.1, 0.15) is 11.1 Å². The molecule has 0 aliphatic rings. The van der Waals surface area contributed by atoms with Crippen molar-refractivity contribution in [2.45, 2.75) is 13.0 Å². The number of halogens is 1. The molecule has 0 aliphatic carbocycles. The van der Waals surface area contributed by atoms with Crippen molar-refractivity contribution in [3.8, 4) is 17.2 Å². The third-order valence-electron chi connectivity index (χ3n) is 3.63. The lowest BCUT2D eigenvalue weighted by Crippen LogP contribution is -2.17. The minimum absolute atomic E-state index is 0.551. The normalized spacial score (nSPS) is 10.4. The number of hydrogen-bond acceptors (Lipinski definition) is 4. The first-order chi connectivity index (χ1) is 11.2. The number of ether oxygens (including phenoxy) is 3. The monoisotopic (exact) mass is 335 g/mol. The molecular formula is C18H22ClNO3. The molecule has 0 spiro atoms. The van der Waals surface area contributed by atoms with E-state index in [0.29, 0.717) is 10.8 Å². The van der Waals surface area contributed by atoms with E-state index in [1.54, 1.807) is 27.4 Å². The maximum Gasteiger partial charge on any atom is 0.137 e. The van der Waals surface area contributed by atoms with Gasteiger partial charge < -0.3 is 19.5 Å². The second kappa shape index (κ2) is 8.65. The molecule has 0 saturated carbocycles. The molecule has 0 unspecified atom stereocenters. The molecule has 2 rings (SSSR count). The van der Waals surface area contributed by atoms with Crippen LogP contribution >= 0.6 is 11.6 Å². The van der Waals surface area contributed by atoms with Crippen molar-refractivity contribution < 1.29 is 14.2 Å². The van der Waals surface area contributed by atoms with Crippen molar-refractivity contribution in [3.05, 3.63) is 52.5 Å². The number of rotatable bonds is 8. The fraction of sp³-hybridized carbons (Fsp3) is 0.333. The molecule has 0 radical (unpaired) electrons. The quantitative estimate of drug-likeness (QED) is 0.747. The molecule has 0 aliphatic heterocycles. The van der Waals surface area contributed by atoms with E-state index in [0.717, 1.165) is 42.1 Å². The molecule has 0 fully saturated rings. The highest BCUT2D eigenvalue weighted by molar-refractivity contribution is 6.32. The Morgan fingerprint density at radius 2 is 1.57 bits per heavy atom. The van der Waals surface area contributed by atoms with E-state index in [-0.39, 0.29) is 0 Å². The maximum atomic E-state index is 6.12. The molecule has 5 heteroatoms. The Labute approximate surface area is 142 Å². The summed E-state index contributed by atoms with van der Waals surface area (Å²) in [6.45, 7) is 1.55. The molecule has 1 N–H and O–H groups in total. The van der Waals surface area contributed by atoms with Gasteiger partial charge in [0.25, 0.3) is 0 Å². The van der Waals surface area contributed by atoms with E-state index >= 15 is 0 Å². The molecule has 2 aromatic rings. The average molecular weight is 336 g/mol. The summed E-state index contributed by atoms with van der Waals surface area (Å²) in [7, 11) is 4.94. The number of benzene rings is 2. The van der Waals surface area contributed by atoms with E-state index in [2.05, 4.69) is 11.4 Å². The lowest BCUT2D eigenvalue weighted by Gasteiger charge is -2.13. The van der Waals surface area contributed by atoms with Gasteiger partial charge in [0.05, 0.1) is 26.4 Å². The van der Waals surface area contributed by atoms with E-state index in [9.17, 15) is 0 Å². The van der Waals surface area contributed by atoms with Crippen molar-refractivity contribution >= 4 is 11.6 Å². The summed E-state index contributed by atoms with van der Waals surface area (Å²) >= 11 is 6.12. The summed E-state index contributed by atoms with van der Waals surface area (Å²) in [5.41, 5.74) is 2.19. The van der Waals surface area contributed by atoms with E-state index < -0.39 is 0 Å². The van der Waals surface area contributed by atoms with Gasteiger partial charge in [-0.25, -0.2) is 0 Å². The van der Waals surface area contributed by atoms with Gasteiger partial charge in [-0.15, -0.1) is 0 Å². The van der Waals surface area contributed by atoms with Gasteiger partial charge in [0.1, 0.15) is 17.2 Å². The minimum Gasteiger partial charge on any atom is -0.496 e. The van der Waals surface area contributed by atoms with E-state index in [1.807, 2.05) is 24.3 Å². The summed E-state index contributed by atoms with van der Waals surface area (Å²) in [6, 6.07) is 11.7. The van der Waals surface area contributed by atoms with Gasteiger partial charge in [-0.3, -0.25) is 0 Å². The van der Waals surface area contributed by atoms with Crippen LogP contribution in [-0.4, -0.2) is 27.9 Å². The van der Waals surface area contributed by atoms with Gasteiger partial charge >= 0.3 is 0 Å². The molecule has 124 valence electrons. The van der Waals surface area contributed by atoms with Crippen LogP contribution < -0.4 is 19.5 Å². The molecule has 0 heterocycles. The van der Waals surface area contributed by atoms with E-state index in [4.69, 9.17) is 25.8 Å². The second-order valence-electron chi connectivity index (χ2n) is 5.04. The Balaban J connectivity index is 1.96. The highest BCUT2D eigenvalue weighted by Crippen LogP contribution is 2.32. The topological polar surface area (TPSA) is 39.7 Å². The highest BCUT2D eigenvalue weighted by atomic mass is 35.5. The Kier molecular flexibility index (Phi) is 6.56. The number of hydrogen-bond donors (Lipinski definition) is 1. The average Bonchev–Trinajstić information content (AvgIpc) is 2.59. The summed E-state index contributed by atoms with van der Waals surface area (Å²) in [5, 5.41) is 3.97. The highest BCUT2D eigenvalue weighted by Gasteiger charge is 2.10. The smallest absolute Gasteiger partial charge is 0.137 e. The lowest BCUT2D eigenvalue weighted by molar-refractivity contribution is 0.398. The molecule has 23 heavy (non-hydrogen) atoms. The van der Waals surface area contributed by atoms with Crippen molar-refractivity contribution in [3.63, 3.8) is 0 Å². The third kappa shape index (κ3) is 4.53. The summed E-state index contributed by atoms with van der Waals surface area (Å²) in [5.74, 6) is 2.33. The number of nitrogens with one attached hydrogen (secondary N) is 1. The Hall–Kier alpha value is -1.91. The van der Waals surface area contributed by atoms with Crippen molar-refractivity contribution in [1.29, 1.82) is 0 Å². The SMILES string of the molecule is COc1cc(CCNCc2ccccc2OC)c(OC)cc1Cl. The molecular weight excluding hydrogens is 314 g/mol. The zero-order chi connectivity index (χ0) is 16.7. The molecule has 0 saturated heterocycles. The second-order valence-corrected chi connectivity index (χ2v) is 5.44. The zero-order valence-electron chi connectivity index (χ0n) is 13.7. The molecule has 0 amide bonds. The van der Waals surface area contributed by atoms with Crippen molar-refractivity contribution in [2.24, 2.45) is 0 Å². The fourth-order valence-corrected chi connectivity index (χ4v) is 2.64. The van der Waals surface area contributed by atoms with Crippen LogP contribution in [0.4, 0.5) is 0 Å². The van der Waals surface area contributed by atoms with Crippen LogP contribution in [0.3, 0.4) is 0 Å². The first kappa shape index (κ1) is 17.4. The molecule has 0 aromatic heterocycles. The fourth-order valence-electron chi connectivity index (χ4n) is 2.41. The molecule has 2 aromatic carbocycles. The first-order valence-electron chi connectivity index (χ1n) is 7.42. The Bertz CT molecular complexity index is 646. The summed E-state index contributed by atoms with van der Waals surface area (Å²) in [4.78, 5) is 0. The van der Waals surface area contributed by atoms with Gasteiger partial charge in [-0.05, 0) is 30.7 Å². The van der Waals surface area contributed by atoms with E-state index in [1.165, 1.54) is 0 Å². The Morgan fingerprint density at radius 3 is 2.26 bits per heavy atom. The van der Waals surface area contributed by atoms with Gasteiger partial charge in [0, 0.05) is 18.2 Å². The van der Waals surface area contributed by atoms with Crippen LogP contribution in [0.5, 0.6) is 17.2 Å².